The number of halogens is 3. The van der Waals surface area contributed by atoms with Crippen LogP contribution in [0, 0.1) is 0 Å². The number of amides is 1. The molecule has 0 radical (unpaired) electrons. The minimum Gasteiger partial charge on any atom is -0.445 e. The second-order valence-electron chi connectivity index (χ2n) is 8.44. The molecule has 0 saturated carbocycles. The first-order valence-corrected chi connectivity index (χ1v) is 12.0. The molecule has 1 rings (SSSR count). The van der Waals surface area contributed by atoms with E-state index in [4.69, 9.17) is 0 Å². The topological polar surface area (TPSA) is 29.1 Å². The van der Waals surface area contributed by atoms with Crippen molar-refractivity contribution >= 4 is 24.0 Å². The summed E-state index contributed by atoms with van der Waals surface area (Å²) in [6, 6.07) is 4.66. The molecule has 0 spiro atoms. The maximum absolute atomic E-state index is 12.6. The van der Waals surface area contributed by atoms with E-state index in [1.54, 1.807) is 0 Å². The van der Waals surface area contributed by atoms with Crippen LogP contribution >= 0.6 is 0 Å². The van der Waals surface area contributed by atoms with Crippen molar-refractivity contribution < 1.29 is 69.1 Å². The van der Waals surface area contributed by atoms with E-state index in [0.29, 0.717) is 12.1 Å². The van der Waals surface area contributed by atoms with Gasteiger partial charge >= 0.3 is 58.4 Å². The van der Waals surface area contributed by atoms with Gasteiger partial charge in [0.1, 0.15) is 0 Å². The summed E-state index contributed by atoms with van der Waals surface area (Å²) in [4.78, 5) is 11.9. The zero-order valence-electron chi connectivity index (χ0n) is 19.7. The predicted octanol–water partition coefficient (Wildman–Crippen LogP) is 4.95. The fourth-order valence-corrected chi connectivity index (χ4v) is 3.67. The largest absolute Gasteiger partial charge is 1.00 e. The molecule has 7 heteroatoms. The maximum Gasteiger partial charge on any atom is 1.00 e. The van der Waals surface area contributed by atoms with Crippen LogP contribution in [-0.4, -0.2) is 12.9 Å². The minimum absolute atomic E-state index is 0. The van der Waals surface area contributed by atoms with Gasteiger partial charge in [0.15, 0.2) is 0 Å². The van der Waals surface area contributed by atoms with Crippen molar-refractivity contribution in [3.8, 4) is 0 Å². The molecule has 0 unspecified atom stereocenters. The number of hydrogen-bond acceptors (Lipinski definition) is 1. The van der Waals surface area contributed by atoms with Gasteiger partial charge in [-0.3, -0.25) is 4.79 Å². The summed E-state index contributed by atoms with van der Waals surface area (Å²) in [6.45, 7) is -2.73. The summed E-state index contributed by atoms with van der Waals surface area (Å²) in [5, 5.41) is 2.67. The standard InChI is InChI=1S/C24H40BF3NO.K/c1-2-3-4-5-6-7-8-9-10-11-12-13-14-15-16-17-24(30)29-23-20-18-22(19-21-23)25(26,27)28;/h18-21H,2-17H2,1H3,(H,29,30);/q-1;+1. The van der Waals surface area contributed by atoms with E-state index in [9.17, 15) is 17.7 Å². The van der Waals surface area contributed by atoms with Gasteiger partial charge in [0.05, 0.1) is 0 Å². The molecule has 0 aliphatic carbocycles. The summed E-state index contributed by atoms with van der Waals surface area (Å²) in [5.41, 5.74) is -0.222. The van der Waals surface area contributed by atoms with Gasteiger partial charge in [0.25, 0.3) is 0 Å². The molecular weight excluding hydrogens is 425 g/mol. The van der Waals surface area contributed by atoms with Crippen LogP contribution in [0.1, 0.15) is 110 Å². The summed E-state index contributed by atoms with van der Waals surface area (Å²) >= 11 is 0. The molecule has 172 valence electrons. The van der Waals surface area contributed by atoms with E-state index >= 15 is 0 Å². The average Bonchev–Trinajstić information content (AvgIpc) is 2.70. The zero-order chi connectivity index (χ0) is 22.1. The normalized spacial score (nSPS) is 11.2. The van der Waals surface area contributed by atoms with Crippen molar-refractivity contribution in [2.24, 2.45) is 0 Å². The molecule has 1 aromatic rings. The van der Waals surface area contributed by atoms with Crippen LogP contribution < -0.4 is 62.2 Å². The number of carbonyl (C=O) groups is 1. The van der Waals surface area contributed by atoms with Crippen molar-refractivity contribution in [3.63, 3.8) is 0 Å². The van der Waals surface area contributed by atoms with Crippen LogP contribution in [0.25, 0.3) is 0 Å². The predicted molar refractivity (Wildman–Crippen MR) is 123 cm³/mol. The van der Waals surface area contributed by atoms with Gasteiger partial charge in [-0.2, -0.15) is 0 Å². The monoisotopic (exact) mass is 465 g/mol. The van der Waals surface area contributed by atoms with Crippen molar-refractivity contribution in [1.82, 2.24) is 0 Å². The fraction of sp³-hybridized carbons (Fsp3) is 0.708. The number of rotatable bonds is 18. The van der Waals surface area contributed by atoms with E-state index in [1.165, 1.54) is 89.2 Å². The number of carbonyl (C=O) groups excluding carboxylic acids is 1. The Labute approximate surface area is 230 Å². The van der Waals surface area contributed by atoms with E-state index in [2.05, 4.69) is 12.2 Å². The Morgan fingerprint density at radius 1 is 0.710 bits per heavy atom. The first-order chi connectivity index (χ1) is 14.4. The Balaban J connectivity index is 0.00000900. The number of unbranched alkanes of at least 4 members (excludes halogenated alkanes) is 14. The molecule has 0 aliphatic heterocycles. The molecule has 0 heterocycles. The second-order valence-corrected chi connectivity index (χ2v) is 8.44. The molecule has 1 N–H and O–H groups in total. The van der Waals surface area contributed by atoms with Gasteiger partial charge in [0.2, 0.25) is 5.91 Å². The Morgan fingerprint density at radius 2 is 1.10 bits per heavy atom. The quantitative estimate of drug-likeness (QED) is 0.241. The van der Waals surface area contributed by atoms with Crippen LogP contribution in [0.5, 0.6) is 0 Å². The van der Waals surface area contributed by atoms with E-state index in [1.807, 2.05) is 0 Å². The average molecular weight is 465 g/mol. The second kappa shape index (κ2) is 19.6. The molecular formula is C24H40BF3KNO. The molecule has 0 fully saturated rings. The van der Waals surface area contributed by atoms with Crippen LogP contribution in [0.3, 0.4) is 0 Å². The van der Waals surface area contributed by atoms with Crippen molar-refractivity contribution in [2.75, 3.05) is 5.32 Å². The van der Waals surface area contributed by atoms with Crippen molar-refractivity contribution in [1.29, 1.82) is 0 Å². The summed E-state index contributed by atoms with van der Waals surface area (Å²) in [7, 11) is 0. The van der Waals surface area contributed by atoms with Gasteiger partial charge in [-0.1, -0.05) is 109 Å². The first kappa shape index (κ1) is 31.2. The zero-order valence-corrected chi connectivity index (χ0v) is 22.9. The Kier molecular flexibility index (Phi) is 19.7. The van der Waals surface area contributed by atoms with E-state index in [0.717, 1.165) is 31.4 Å². The van der Waals surface area contributed by atoms with Gasteiger partial charge < -0.3 is 18.3 Å². The SMILES string of the molecule is CCCCCCCCCCCCCCCCCC(=O)Nc1ccc([B-](F)(F)F)cc1.[K+]. The van der Waals surface area contributed by atoms with Crippen molar-refractivity contribution in [2.45, 2.75) is 110 Å². The van der Waals surface area contributed by atoms with Gasteiger partial charge in [-0.05, 0) is 18.6 Å². The summed E-state index contributed by atoms with van der Waals surface area (Å²) < 4.78 is 37.8. The van der Waals surface area contributed by atoms with Crippen LogP contribution in [0.4, 0.5) is 18.6 Å². The molecule has 31 heavy (non-hydrogen) atoms. The van der Waals surface area contributed by atoms with E-state index in [-0.39, 0.29) is 57.3 Å². The summed E-state index contributed by atoms with van der Waals surface area (Å²) in [5.74, 6) is -0.130. The number of hydrogen-bond donors (Lipinski definition) is 1. The Bertz CT molecular complexity index is 567. The molecule has 0 atom stereocenters. The number of benzene rings is 1. The maximum atomic E-state index is 12.6. The van der Waals surface area contributed by atoms with Gasteiger partial charge in [0, 0.05) is 12.1 Å². The Hall–Kier alpha value is 0.181. The molecule has 2 nitrogen and oxygen atoms in total. The van der Waals surface area contributed by atoms with Crippen molar-refractivity contribution in [3.05, 3.63) is 24.3 Å². The fourth-order valence-electron chi connectivity index (χ4n) is 3.67. The Morgan fingerprint density at radius 3 is 1.48 bits per heavy atom. The van der Waals surface area contributed by atoms with Gasteiger partial charge in [-0.25, -0.2) is 0 Å². The third-order valence-electron chi connectivity index (χ3n) is 5.58. The van der Waals surface area contributed by atoms with Crippen LogP contribution in [0.2, 0.25) is 0 Å². The molecule has 1 aromatic carbocycles. The number of anilines is 1. The molecule has 0 bridgehead atoms. The molecule has 0 aliphatic rings. The first-order valence-electron chi connectivity index (χ1n) is 12.0. The summed E-state index contributed by atoms with van der Waals surface area (Å²) in [6.07, 6.45) is 19.6. The molecule has 0 saturated heterocycles. The van der Waals surface area contributed by atoms with Gasteiger partial charge in [-0.15, -0.1) is 5.46 Å². The number of nitrogens with one attached hydrogen (secondary N) is 1. The molecule has 1 amide bonds. The molecule has 0 aromatic heterocycles. The van der Waals surface area contributed by atoms with E-state index < -0.39 is 12.4 Å². The third kappa shape index (κ3) is 17.3. The minimum atomic E-state index is -4.99. The van der Waals surface area contributed by atoms with Crippen LogP contribution in [0.15, 0.2) is 24.3 Å². The third-order valence-corrected chi connectivity index (χ3v) is 5.58. The van der Waals surface area contributed by atoms with Crippen LogP contribution in [-0.2, 0) is 4.79 Å². The smallest absolute Gasteiger partial charge is 0.445 e.